The zero-order valence-corrected chi connectivity index (χ0v) is 16.0. The summed E-state index contributed by atoms with van der Waals surface area (Å²) in [4.78, 5) is 15.0. The van der Waals surface area contributed by atoms with Crippen molar-refractivity contribution < 1.29 is 22.7 Å². The molecule has 0 saturated carbocycles. The number of rotatable bonds is 6. The molecule has 0 radical (unpaired) electrons. The standard InChI is InChI=1S/C19H12Cl2F3N3O2/c20-13-1-3-14(4-2-13)26-27(11-28)15-5-7-16(8-6-15)29-18-17(21)9-12(10-25-18)19(22,23)24/h1-11,26H. The van der Waals surface area contributed by atoms with Crippen molar-refractivity contribution >= 4 is 41.0 Å². The van der Waals surface area contributed by atoms with Crippen LogP contribution in [0.3, 0.4) is 0 Å². The van der Waals surface area contributed by atoms with Crippen molar-refractivity contribution in [3.8, 4) is 11.6 Å². The average molecular weight is 442 g/mol. The quantitative estimate of drug-likeness (QED) is 0.366. The topological polar surface area (TPSA) is 54.5 Å². The van der Waals surface area contributed by atoms with Crippen LogP contribution in [0.15, 0.2) is 60.8 Å². The fourth-order valence-corrected chi connectivity index (χ4v) is 2.59. The number of aromatic nitrogens is 1. The number of alkyl halides is 3. The number of pyridine rings is 1. The van der Waals surface area contributed by atoms with Crippen molar-refractivity contribution in [2.45, 2.75) is 6.18 Å². The summed E-state index contributed by atoms with van der Waals surface area (Å²) in [6.07, 6.45) is -3.33. The maximum absolute atomic E-state index is 12.7. The normalized spacial score (nSPS) is 11.1. The molecule has 29 heavy (non-hydrogen) atoms. The predicted octanol–water partition coefficient (Wildman–Crippen LogP) is 6.19. The smallest absolute Gasteiger partial charge is 0.417 e. The maximum atomic E-state index is 12.7. The lowest BCUT2D eigenvalue weighted by Crippen LogP contribution is -2.27. The Bertz CT molecular complexity index is 997. The van der Waals surface area contributed by atoms with Gasteiger partial charge in [-0.25, -0.2) is 9.99 Å². The first-order valence-corrected chi connectivity index (χ1v) is 8.79. The second-order valence-electron chi connectivity index (χ2n) is 5.70. The van der Waals surface area contributed by atoms with Crippen LogP contribution < -0.4 is 15.2 Å². The van der Waals surface area contributed by atoms with E-state index in [2.05, 4.69) is 10.4 Å². The summed E-state index contributed by atoms with van der Waals surface area (Å²) in [5, 5.41) is 1.52. The lowest BCUT2D eigenvalue weighted by molar-refractivity contribution is -0.137. The molecule has 5 nitrogen and oxygen atoms in total. The summed E-state index contributed by atoms with van der Waals surface area (Å²) in [7, 11) is 0. The molecule has 1 N–H and O–H groups in total. The molecule has 10 heteroatoms. The summed E-state index contributed by atoms with van der Waals surface area (Å²) < 4.78 is 43.4. The van der Waals surface area contributed by atoms with Crippen molar-refractivity contribution in [1.82, 2.24) is 4.98 Å². The highest BCUT2D eigenvalue weighted by Gasteiger charge is 2.31. The SMILES string of the molecule is O=CN(Nc1ccc(Cl)cc1)c1ccc(Oc2ncc(C(F)(F)F)cc2Cl)cc1. The largest absolute Gasteiger partial charge is 0.438 e. The number of ether oxygens (including phenoxy) is 1. The van der Waals surface area contributed by atoms with E-state index in [1.54, 1.807) is 36.4 Å². The second-order valence-corrected chi connectivity index (χ2v) is 6.54. The molecule has 0 aliphatic heterocycles. The van der Waals surface area contributed by atoms with Crippen molar-refractivity contribution in [2.75, 3.05) is 10.4 Å². The van der Waals surface area contributed by atoms with Crippen LogP contribution in [0.1, 0.15) is 5.56 Å². The molecule has 0 unspecified atom stereocenters. The van der Waals surface area contributed by atoms with E-state index in [1.165, 1.54) is 17.1 Å². The summed E-state index contributed by atoms with van der Waals surface area (Å²) in [6.45, 7) is 0. The molecule has 3 aromatic rings. The number of benzene rings is 2. The minimum atomic E-state index is -4.55. The van der Waals surface area contributed by atoms with Crippen molar-refractivity contribution in [2.24, 2.45) is 0 Å². The first kappa shape index (κ1) is 20.8. The van der Waals surface area contributed by atoms with Gasteiger partial charge in [-0.15, -0.1) is 0 Å². The number of anilines is 2. The highest BCUT2D eigenvalue weighted by Crippen LogP contribution is 2.35. The minimum Gasteiger partial charge on any atom is -0.438 e. The monoisotopic (exact) mass is 441 g/mol. The molecule has 2 aromatic carbocycles. The van der Waals surface area contributed by atoms with Crippen LogP contribution in [0, 0.1) is 0 Å². The van der Waals surface area contributed by atoms with Gasteiger partial charge in [0.15, 0.2) is 0 Å². The number of hydrogen-bond acceptors (Lipinski definition) is 4. The van der Waals surface area contributed by atoms with E-state index in [4.69, 9.17) is 27.9 Å². The van der Waals surface area contributed by atoms with E-state index in [-0.39, 0.29) is 16.7 Å². The van der Waals surface area contributed by atoms with E-state index in [0.29, 0.717) is 29.0 Å². The molecule has 0 bridgehead atoms. The summed E-state index contributed by atoms with van der Waals surface area (Å²) >= 11 is 11.7. The fourth-order valence-electron chi connectivity index (χ4n) is 2.26. The third-order valence-electron chi connectivity index (χ3n) is 3.66. The van der Waals surface area contributed by atoms with Gasteiger partial charge in [-0.3, -0.25) is 10.2 Å². The van der Waals surface area contributed by atoms with Gasteiger partial charge in [0.1, 0.15) is 10.8 Å². The van der Waals surface area contributed by atoms with Gasteiger partial charge in [0, 0.05) is 11.2 Å². The molecule has 0 aliphatic carbocycles. The van der Waals surface area contributed by atoms with E-state index in [9.17, 15) is 18.0 Å². The molecule has 150 valence electrons. The van der Waals surface area contributed by atoms with Crippen molar-refractivity contribution in [1.29, 1.82) is 0 Å². The third-order valence-corrected chi connectivity index (χ3v) is 4.19. The van der Waals surface area contributed by atoms with Gasteiger partial charge in [-0.05, 0) is 54.6 Å². The Labute approximate surface area is 173 Å². The number of carbonyl (C=O) groups is 1. The zero-order valence-electron chi connectivity index (χ0n) is 14.5. The molecule has 3 rings (SSSR count). The number of hydrazine groups is 1. The molecule has 0 aliphatic rings. The fraction of sp³-hybridized carbons (Fsp3) is 0.0526. The first-order chi connectivity index (χ1) is 13.8. The molecule has 0 spiro atoms. The van der Waals surface area contributed by atoms with E-state index >= 15 is 0 Å². The highest BCUT2D eigenvalue weighted by atomic mass is 35.5. The van der Waals surface area contributed by atoms with Crippen LogP contribution in [0.5, 0.6) is 11.6 Å². The minimum absolute atomic E-state index is 0.168. The number of hydrogen-bond donors (Lipinski definition) is 1. The molecular weight excluding hydrogens is 430 g/mol. The predicted molar refractivity (Wildman–Crippen MR) is 104 cm³/mol. The van der Waals surface area contributed by atoms with Gasteiger partial charge >= 0.3 is 6.18 Å². The lowest BCUT2D eigenvalue weighted by atomic mass is 10.3. The second kappa shape index (κ2) is 8.59. The van der Waals surface area contributed by atoms with Gasteiger partial charge in [0.2, 0.25) is 12.3 Å². The van der Waals surface area contributed by atoms with Crippen LogP contribution in [-0.4, -0.2) is 11.4 Å². The Morgan fingerprint density at radius 1 is 1.03 bits per heavy atom. The molecule has 1 amide bonds. The Morgan fingerprint density at radius 3 is 2.24 bits per heavy atom. The Hall–Kier alpha value is -2.97. The van der Waals surface area contributed by atoms with Crippen LogP contribution in [0.4, 0.5) is 24.5 Å². The average Bonchev–Trinajstić information content (AvgIpc) is 2.69. The van der Waals surface area contributed by atoms with E-state index in [1.807, 2.05) is 0 Å². The summed E-state index contributed by atoms with van der Waals surface area (Å²) in [5.41, 5.74) is 3.06. The van der Waals surface area contributed by atoms with Crippen molar-refractivity contribution in [3.63, 3.8) is 0 Å². The van der Waals surface area contributed by atoms with Crippen LogP contribution in [0.2, 0.25) is 10.0 Å². The highest BCUT2D eigenvalue weighted by molar-refractivity contribution is 6.32. The maximum Gasteiger partial charge on any atom is 0.417 e. The number of amides is 1. The van der Waals surface area contributed by atoms with E-state index < -0.39 is 11.7 Å². The molecule has 0 fully saturated rings. The van der Waals surface area contributed by atoms with E-state index in [0.717, 1.165) is 6.07 Å². The van der Waals surface area contributed by atoms with Gasteiger partial charge in [0.25, 0.3) is 0 Å². The number of halogens is 5. The molecule has 0 atom stereocenters. The molecule has 0 saturated heterocycles. The third kappa shape index (κ3) is 5.30. The van der Waals surface area contributed by atoms with Gasteiger partial charge < -0.3 is 4.74 Å². The Morgan fingerprint density at radius 2 is 1.69 bits per heavy atom. The summed E-state index contributed by atoms with van der Waals surface area (Å²) in [6, 6.07) is 13.7. The van der Waals surface area contributed by atoms with Crippen LogP contribution in [0.25, 0.3) is 0 Å². The van der Waals surface area contributed by atoms with Crippen LogP contribution >= 0.6 is 23.2 Å². The Balaban J connectivity index is 1.72. The van der Waals surface area contributed by atoms with Crippen molar-refractivity contribution in [3.05, 3.63) is 76.4 Å². The van der Waals surface area contributed by atoms with Gasteiger partial charge in [0.05, 0.1) is 16.9 Å². The molecule has 1 aromatic heterocycles. The molecule has 1 heterocycles. The summed E-state index contributed by atoms with van der Waals surface area (Å²) in [5.74, 6) is 0.110. The zero-order chi connectivity index (χ0) is 21.0. The number of nitrogens with zero attached hydrogens (tertiary/aromatic N) is 2. The lowest BCUT2D eigenvalue weighted by Gasteiger charge is -2.20. The van der Waals surface area contributed by atoms with Gasteiger partial charge in [-0.1, -0.05) is 23.2 Å². The number of nitrogens with one attached hydrogen (secondary N) is 1. The Kier molecular flexibility index (Phi) is 6.14. The number of carbonyl (C=O) groups excluding carboxylic acids is 1. The van der Waals surface area contributed by atoms with Gasteiger partial charge in [-0.2, -0.15) is 13.2 Å². The molecular formula is C19H12Cl2F3N3O2. The first-order valence-electron chi connectivity index (χ1n) is 8.03. The van der Waals surface area contributed by atoms with Crippen LogP contribution in [-0.2, 0) is 11.0 Å².